The van der Waals surface area contributed by atoms with Crippen LogP contribution < -0.4 is 15.5 Å². The minimum Gasteiger partial charge on any atom is -0.497 e. The summed E-state index contributed by atoms with van der Waals surface area (Å²) < 4.78 is 10.9. The van der Waals surface area contributed by atoms with Gasteiger partial charge in [-0.3, -0.25) is 14.5 Å². The molecule has 0 bridgehead atoms. The fourth-order valence-corrected chi connectivity index (χ4v) is 4.33. The molecule has 1 N–H and O–H groups in total. The number of rotatable bonds is 5. The molecule has 0 saturated carbocycles. The Kier molecular flexibility index (Phi) is 5.86. The molecule has 6 nitrogen and oxygen atoms in total. The van der Waals surface area contributed by atoms with Crippen LogP contribution in [0.5, 0.6) is 5.75 Å². The molecule has 2 unspecified atom stereocenters. The van der Waals surface area contributed by atoms with Crippen LogP contribution in [-0.4, -0.2) is 38.1 Å². The van der Waals surface area contributed by atoms with Gasteiger partial charge in [-0.05, 0) is 62.2 Å². The number of piperidine rings is 1. The second-order valence-corrected chi connectivity index (χ2v) is 7.78. The van der Waals surface area contributed by atoms with E-state index in [1.165, 1.54) is 11.6 Å². The summed E-state index contributed by atoms with van der Waals surface area (Å²) in [6.07, 6.45) is 2.09. The Morgan fingerprint density at radius 1 is 1.20 bits per heavy atom. The molecule has 30 heavy (non-hydrogen) atoms. The van der Waals surface area contributed by atoms with Crippen LogP contribution in [-0.2, 0) is 0 Å². The molecule has 2 heterocycles. The van der Waals surface area contributed by atoms with E-state index in [1.807, 2.05) is 12.1 Å². The average molecular weight is 406 g/mol. The van der Waals surface area contributed by atoms with E-state index in [4.69, 9.17) is 9.15 Å². The number of nitrogens with zero attached hydrogens (tertiary/aromatic N) is 1. The third-order valence-corrected chi connectivity index (χ3v) is 5.85. The number of carbonyl (C=O) groups excluding carboxylic acids is 1. The molecule has 2 aromatic carbocycles. The first-order valence-corrected chi connectivity index (χ1v) is 10.2. The van der Waals surface area contributed by atoms with Crippen molar-refractivity contribution in [3.63, 3.8) is 0 Å². The first kappa shape index (κ1) is 20.2. The molecular weight excluding hydrogens is 380 g/mol. The van der Waals surface area contributed by atoms with Crippen molar-refractivity contribution in [1.82, 2.24) is 10.2 Å². The number of nitrogens with one attached hydrogen (secondary N) is 1. The number of para-hydroxylation sites is 1. The van der Waals surface area contributed by atoms with E-state index in [9.17, 15) is 9.59 Å². The van der Waals surface area contributed by atoms with E-state index in [2.05, 4.69) is 29.4 Å². The lowest BCUT2D eigenvalue weighted by Gasteiger charge is -2.39. The van der Waals surface area contributed by atoms with Crippen LogP contribution in [0.3, 0.4) is 0 Å². The number of ether oxygens (including phenoxy) is 1. The monoisotopic (exact) mass is 406 g/mol. The minimum absolute atomic E-state index is 0.0452. The molecule has 4 rings (SSSR count). The van der Waals surface area contributed by atoms with Gasteiger partial charge in [-0.1, -0.05) is 24.3 Å². The van der Waals surface area contributed by atoms with Crippen molar-refractivity contribution >= 4 is 16.9 Å². The van der Waals surface area contributed by atoms with Crippen LogP contribution in [0.1, 0.15) is 35.0 Å². The smallest absolute Gasteiger partial charge is 0.287 e. The molecule has 156 valence electrons. The van der Waals surface area contributed by atoms with Crippen molar-refractivity contribution in [2.75, 3.05) is 27.2 Å². The van der Waals surface area contributed by atoms with Gasteiger partial charge in [0.15, 0.2) is 11.2 Å². The summed E-state index contributed by atoms with van der Waals surface area (Å²) in [5.41, 5.74) is 1.41. The Hall–Kier alpha value is -3.12. The summed E-state index contributed by atoms with van der Waals surface area (Å²) in [4.78, 5) is 27.3. The van der Waals surface area contributed by atoms with Gasteiger partial charge in [0.25, 0.3) is 5.91 Å². The lowest BCUT2D eigenvalue weighted by atomic mass is 9.85. The normalized spacial score (nSPS) is 19.5. The van der Waals surface area contributed by atoms with Gasteiger partial charge < -0.3 is 14.5 Å². The fourth-order valence-electron chi connectivity index (χ4n) is 4.33. The molecule has 3 aromatic rings. The highest BCUT2D eigenvalue weighted by atomic mass is 16.5. The van der Waals surface area contributed by atoms with E-state index in [1.54, 1.807) is 31.4 Å². The maximum Gasteiger partial charge on any atom is 0.287 e. The highest BCUT2D eigenvalue weighted by molar-refractivity contribution is 5.93. The molecule has 2 atom stereocenters. The van der Waals surface area contributed by atoms with E-state index >= 15 is 0 Å². The summed E-state index contributed by atoms with van der Waals surface area (Å²) in [5, 5.41) is 3.46. The van der Waals surface area contributed by atoms with Gasteiger partial charge in [-0.2, -0.15) is 0 Å². The molecule has 1 saturated heterocycles. The Labute approximate surface area is 175 Å². The number of amides is 1. The third-order valence-electron chi connectivity index (χ3n) is 5.85. The Morgan fingerprint density at radius 2 is 1.97 bits per heavy atom. The molecule has 0 spiro atoms. The van der Waals surface area contributed by atoms with Gasteiger partial charge in [-0.15, -0.1) is 0 Å². The summed E-state index contributed by atoms with van der Waals surface area (Å²) in [6, 6.07) is 16.5. The van der Waals surface area contributed by atoms with Gasteiger partial charge in [0, 0.05) is 18.7 Å². The largest absolute Gasteiger partial charge is 0.497 e. The third kappa shape index (κ3) is 4.09. The standard InChI is InChI=1S/C24H26N2O4/c1-26-13-5-6-17(23(26)16-9-11-18(29-2)12-10-16)15-25-24(28)22-14-20(27)19-7-3-4-8-21(19)30-22/h3-4,7-12,14,17,23H,5-6,13,15H2,1-2H3,(H,25,28). The molecular formula is C24H26N2O4. The Morgan fingerprint density at radius 3 is 2.73 bits per heavy atom. The van der Waals surface area contributed by atoms with Crippen molar-refractivity contribution in [2.24, 2.45) is 5.92 Å². The molecule has 1 aliphatic heterocycles. The molecule has 0 radical (unpaired) electrons. The van der Waals surface area contributed by atoms with E-state index < -0.39 is 0 Å². The first-order valence-electron chi connectivity index (χ1n) is 10.2. The second-order valence-electron chi connectivity index (χ2n) is 7.78. The van der Waals surface area contributed by atoms with Crippen molar-refractivity contribution < 1.29 is 13.9 Å². The molecule has 1 aliphatic rings. The second kappa shape index (κ2) is 8.71. The van der Waals surface area contributed by atoms with Crippen LogP contribution in [0.2, 0.25) is 0 Å². The molecule has 1 amide bonds. The predicted octanol–water partition coefficient (Wildman–Crippen LogP) is 3.61. The van der Waals surface area contributed by atoms with Crippen LogP contribution in [0.15, 0.2) is 63.8 Å². The van der Waals surface area contributed by atoms with Crippen LogP contribution in [0.4, 0.5) is 0 Å². The van der Waals surface area contributed by atoms with Crippen LogP contribution in [0, 0.1) is 5.92 Å². The van der Waals surface area contributed by atoms with E-state index in [-0.39, 0.29) is 29.1 Å². The quantitative estimate of drug-likeness (QED) is 0.701. The minimum atomic E-state index is -0.362. The van der Waals surface area contributed by atoms with Gasteiger partial charge >= 0.3 is 0 Å². The number of carbonyl (C=O) groups is 1. The van der Waals surface area contributed by atoms with Crippen LogP contribution in [0.25, 0.3) is 11.0 Å². The van der Waals surface area contributed by atoms with Crippen LogP contribution >= 0.6 is 0 Å². The average Bonchev–Trinajstić information content (AvgIpc) is 2.77. The fraction of sp³-hybridized carbons (Fsp3) is 0.333. The maximum atomic E-state index is 12.7. The Bertz CT molecular complexity index is 1090. The van der Waals surface area contributed by atoms with Gasteiger partial charge in [0.05, 0.1) is 12.5 Å². The lowest BCUT2D eigenvalue weighted by molar-refractivity contribution is 0.0867. The summed E-state index contributed by atoms with van der Waals surface area (Å²) >= 11 is 0. The van der Waals surface area contributed by atoms with Crippen molar-refractivity contribution in [2.45, 2.75) is 18.9 Å². The zero-order valence-electron chi connectivity index (χ0n) is 17.3. The number of hydrogen-bond acceptors (Lipinski definition) is 5. The molecule has 6 heteroatoms. The summed E-state index contributed by atoms with van der Waals surface area (Å²) in [6.45, 7) is 1.52. The zero-order valence-corrected chi connectivity index (χ0v) is 17.3. The number of benzene rings is 2. The molecule has 1 aromatic heterocycles. The van der Waals surface area contributed by atoms with Gasteiger partial charge in [0.1, 0.15) is 11.3 Å². The van der Waals surface area contributed by atoms with Crippen molar-refractivity contribution in [3.8, 4) is 5.75 Å². The van der Waals surface area contributed by atoms with E-state index in [0.717, 1.165) is 25.1 Å². The summed E-state index contributed by atoms with van der Waals surface area (Å²) in [5.74, 6) is 0.769. The van der Waals surface area contributed by atoms with E-state index in [0.29, 0.717) is 17.5 Å². The maximum absolute atomic E-state index is 12.7. The zero-order chi connectivity index (χ0) is 21.1. The molecule has 1 fully saturated rings. The first-order chi connectivity index (χ1) is 14.6. The van der Waals surface area contributed by atoms with Gasteiger partial charge in [0.2, 0.25) is 0 Å². The molecule has 0 aliphatic carbocycles. The summed E-state index contributed by atoms with van der Waals surface area (Å²) in [7, 11) is 3.77. The SMILES string of the molecule is COc1ccc(C2C(CNC(=O)c3cc(=O)c4ccccc4o3)CCCN2C)cc1. The number of likely N-dealkylation sites (tertiary alicyclic amines) is 1. The topological polar surface area (TPSA) is 71.8 Å². The number of methoxy groups -OCH3 is 1. The lowest BCUT2D eigenvalue weighted by Crippen LogP contribution is -2.41. The van der Waals surface area contributed by atoms with Crippen molar-refractivity contribution in [1.29, 1.82) is 0 Å². The van der Waals surface area contributed by atoms with Crippen molar-refractivity contribution in [3.05, 3.63) is 76.1 Å². The number of fused-ring (bicyclic) bond motifs is 1. The Balaban J connectivity index is 1.50. The number of hydrogen-bond donors (Lipinski definition) is 1. The predicted molar refractivity (Wildman–Crippen MR) is 116 cm³/mol. The highest BCUT2D eigenvalue weighted by Gasteiger charge is 2.31. The highest BCUT2D eigenvalue weighted by Crippen LogP contribution is 2.35. The van der Waals surface area contributed by atoms with Gasteiger partial charge in [-0.25, -0.2) is 0 Å².